The lowest BCUT2D eigenvalue weighted by molar-refractivity contribution is -0.168. The fourth-order valence-electron chi connectivity index (χ4n) is 2.27. The van der Waals surface area contributed by atoms with Crippen LogP contribution in [0.5, 0.6) is 0 Å². The van der Waals surface area contributed by atoms with Gasteiger partial charge in [0.2, 0.25) is 0 Å². The van der Waals surface area contributed by atoms with Crippen molar-refractivity contribution < 1.29 is 19.1 Å². The first kappa shape index (κ1) is 16.8. The highest BCUT2D eigenvalue weighted by atomic mass is 16.5. The van der Waals surface area contributed by atoms with E-state index in [1.807, 2.05) is 36.4 Å². The number of allylic oxidation sites excluding steroid dienone is 2. The van der Waals surface area contributed by atoms with Crippen molar-refractivity contribution in [3.05, 3.63) is 47.5 Å². The van der Waals surface area contributed by atoms with Crippen LogP contribution in [0.4, 0.5) is 0 Å². The second kappa shape index (κ2) is 7.64. The van der Waals surface area contributed by atoms with E-state index in [2.05, 4.69) is 11.8 Å². The molecule has 1 aliphatic carbocycles. The van der Waals surface area contributed by atoms with Gasteiger partial charge in [0.1, 0.15) is 0 Å². The van der Waals surface area contributed by atoms with Crippen molar-refractivity contribution in [3.63, 3.8) is 0 Å². The van der Waals surface area contributed by atoms with Gasteiger partial charge in [-0.3, -0.25) is 9.59 Å². The molecule has 4 heteroatoms. The van der Waals surface area contributed by atoms with Crippen LogP contribution in [0.2, 0.25) is 0 Å². The molecule has 2 rings (SSSR count). The normalized spacial score (nSPS) is 12.7. The third kappa shape index (κ3) is 4.23. The Morgan fingerprint density at radius 1 is 1.13 bits per heavy atom. The van der Waals surface area contributed by atoms with E-state index in [1.54, 1.807) is 0 Å². The summed E-state index contributed by atoms with van der Waals surface area (Å²) >= 11 is 0. The Hall–Kier alpha value is -2.54. The molecule has 120 valence electrons. The van der Waals surface area contributed by atoms with E-state index in [-0.39, 0.29) is 12.8 Å². The maximum absolute atomic E-state index is 12.3. The van der Waals surface area contributed by atoms with Gasteiger partial charge >= 0.3 is 11.9 Å². The number of methoxy groups -OCH3 is 2. The Kier molecular flexibility index (Phi) is 5.59. The standard InChI is InChI=1S/C19H20O4/c1-22-17(20)19(18(21)23-2,14-12-16-10-11-16)13-6-9-15-7-4-3-5-8-15/h3-5,7-8,12H,10-11,13-14H2,1-2H3. The quantitative estimate of drug-likeness (QED) is 0.363. The summed E-state index contributed by atoms with van der Waals surface area (Å²) < 4.78 is 9.71. The van der Waals surface area contributed by atoms with E-state index in [0.717, 1.165) is 18.4 Å². The molecule has 0 bridgehead atoms. The number of hydrogen-bond acceptors (Lipinski definition) is 4. The highest BCUT2D eigenvalue weighted by Crippen LogP contribution is 2.35. The van der Waals surface area contributed by atoms with E-state index in [0.29, 0.717) is 0 Å². The third-order valence-electron chi connectivity index (χ3n) is 3.83. The van der Waals surface area contributed by atoms with Gasteiger partial charge < -0.3 is 9.47 Å². The monoisotopic (exact) mass is 312 g/mol. The van der Waals surface area contributed by atoms with Crippen LogP contribution in [0.25, 0.3) is 0 Å². The number of rotatable bonds is 5. The molecule has 1 saturated carbocycles. The molecule has 0 unspecified atom stereocenters. The number of carbonyl (C=O) groups is 2. The first-order chi connectivity index (χ1) is 11.1. The molecule has 0 spiro atoms. The van der Waals surface area contributed by atoms with Crippen LogP contribution in [-0.4, -0.2) is 26.2 Å². The van der Waals surface area contributed by atoms with Gasteiger partial charge in [-0.1, -0.05) is 41.7 Å². The van der Waals surface area contributed by atoms with Gasteiger partial charge in [0.05, 0.1) is 14.2 Å². The number of benzene rings is 1. The Morgan fingerprint density at radius 3 is 2.26 bits per heavy atom. The maximum Gasteiger partial charge on any atom is 0.324 e. The minimum Gasteiger partial charge on any atom is -0.468 e. The lowest BCUT2D eigenvalue weighted by Crippen LogP contribution is -2.40. The summed E-state index contributed by atoms with van der Waals surface area (Å²) in [4.78, 5) is 24.6. The van der Waals surface area contributed by atoms with Crippen molar-refractivity contribution in [1.29, 1.82) is 0 Å². The highest BCUT2D eigenvalue weighted by molar-refractivity contribution is 6.00. The van der Waals surface area contributed by atoms with Gasteiger partial charge in [-0.15, -0.1) is 0 Å². The van der Waals surface area contributed by atoms with Crippen LogP contribution in [0.15, 0.2) is 42.0 Å². The van der Waals surface area contributed by atoms with Crippen molar-refractivity contribution in [1.82, 2.24) is 0 Å². The summed E-state index contributed by atoms with van der Waals surface area (Å²) in [5, 5.41) is 0. The van der Waals surface area contributed by atoms with E-state index >= 15 is 0 Å². The lowest BCUT2D eigenvalue weighted by atomic mass is 9.81. The zero-order valence-corrected chi connectivity index (χ0v) is 13.4. The summed E-state index contributed by atoms with van der Waals surface area (Å²) in [6, 6.07) is 9.42. The SMILES string of the molecule is COC(=O)C(CC#Cc1ccccc1)(CC=C1CC1)C(=O)OC. The van der Waals surface area contributed by atoms with Gasteiger partial charge in [-0.2, -0.15) is 0 Å². The van der Waals surface area contributed by atoms with E-state index in [4.69, 9.17) is 9.47 Å². The number of carbonyl (C=O) groups excluding carboxylic acids is 2. The highest BCUT2D eigenvalue weighted by Gasteiger charge is 2.47. The fourth-order valence-corrected chi connectivity index (χ4v) is 2.27. The van der Waals surface area contributed by atoms with Crippen LogP contribution >= 0.6 is 0 Å². The van der Waals surface area contributed by atoms with Crippen molar-refractivity contribution >= 4 is 11.9 Å². The molecule has 1 aromatic carbocycles. The van der Waals surface area contributed by atoms with E-state index in [1.165, 1.54) is 19.8 Å². The summed E-state index contributed by atoms with van der Waals surface area (Å²) in [6.07, 6.45) is 4.29. The molecule has 0 heterocycles. The van der Waals surface area contributed by atoms with Gasteiger partial charge in [-0.05, 0) is 31.4 Å². The Labute approximate surface area is 136 Å². The number of esters is 2. The smallest absolute Gasteiger partial charge is 0.324 e. The molecule has 0 aromatic heterocycles. The molecule has 0 aliphatic heterocycles. The van der Waals surface area contributed by atoms with Crippen LogP contribution in [0, 0.1) is 17.3 Å². The molecule has 0 saturated heterocycles. The van der Waals surface area contributed by atoms with Crippen molar-refractivity contribution in [3.8, 4) is 11.8 Å². The molecule has 0 N–H and O–H groups in total. The molecule has 1 aliphatic rings. The Balaban J connectivity index is 2.27. The van der Waals surface area contributed by atoms with Crippen molar-refractivity contribution in [2.45, 2.75) is 25.7 Å². The molecule has 1 fully saturated rings. The number of hydrogen-bond donors (Lipinski definition) is 0. The molecule has 23 heavy (non-hydrogen) atoms. The van der Waals surface area contributed by atoms with E-state index in [9.17, 15) is 9.59 Å². The molecular weight excluding hydrogens is 292 g/mol. The Bertz CT molecular complexity index is 640. The zero-order chi connectivity index (χ0) is 16.7. The Morgan fingerprint density at radius 2 is 1.74 bits per heavy atom. The molecule has 4 nitrogen and oxygen atoms in total. The second-order valence-corrected chi connectivity index (χ2v) is 5.48. The third-order valence-corrected chi connectivity index (χ3v) is 3.83. The van der Waals surface area contributed by atoms with Crippen molar-refractivity contribution in [2.75, 3.05) is 14.2 Å². The average Bonchev–Trinajstić information content (AvgIpc) is 3.42. The van der Waals surface area contributed by atoms with E-state index < -0.39 is 17.4 Å². The predicted octanol–water partition coefficient (Wildman–Crippen LogP) is 2.87. The van der Waals surface area contributed by atoms with Gasteiger partial charge in [0.15, 0.2) is 5.41 Å². The molecule has 0 amide bonds. The van der Waals surface area contributed by atoms with Gasteiger partial charge in [0.25, 0.3) is 0 Å². The predicted molar refractivity (Wildman–Crippen MR) is 86.3 cm³/mol. The maximum atomic E-state index is 12.3. The second-order valence-electron chi connectivity index (χ2n) is 5.48. The van der Waals surface area contributed by atoms with Crippen LogP contribution < -0.4 is 0 Å². The minimum absolute atomic E-state index is 0.0605. The number of ether oxygens (including phenoxy) is 2. The fraction of sp³-hybridized carbons (Fsp3) is 0.368. The lowest BCUT2D eigenvalue weighted by Gasteiger charge is -2.24. The van der Waals surface area contributed by atoms with Crippen LogP contribution in [0.1, 0.15) is 31.2 Å². The summed E-state index contributed by atoms with van der Waals surface area (Å²) in [6.45, 7) is 0. The first-order valence-electron chi connectivity index (χ1n) is 7.51. The van der Waals surface area contributed by atoms with Gasteiger partial charge in [-0.25, -0.2) is 0 Å². The topological polar surface area (TPSA) is 52.6 Å². The summed E-state index contributed by atoms with van der Waals surface area (Å²) in [7, 11) is 2.55. The summed E-state index contributed by atoms with van der Waals surface area (Å²) in [5.74, 6) is 4.70. The van der Waals surface area contributed by atoms with Gasteiger partial charge in [0, 0.05) is 12.0 Å². The van der Waals surface area contributed by atoms with Crippen LogP contribution in [0.3, 0.4) is 0 Å². The minimum atomic E-state index is -1.40. The first-order valence-corrected chi connectivity index (χ1v) is 7.51. The molecule has 0 radical (unpaired) electrons. The zero-order valence-electron chi connectivity index (χ0n) is 13.4. The molecule has 0 atom stereocenters. The molecular formula is C19H20O4. The largest absolute Gasteiger partial charge is 0.468 e. The van der Waals surface area contributed by atoms with Crippen molar-refractivity contribution in [2.24, 2.45) is 5.41 Å². The average molecular weight is 312 g/mol. The molecule has 1 aromatic rings. The summed E-state index contributed by atoms with van der Waals surface area (Å²) in [5.41, 5.74) is 0.677. The van der Waals surface area contributed by atoms with Crippen LogP contribution in [-0.2, 0) is 19.1 Å².